The number of nitrogens with zero attached hydrogens (tertiary/aromatic N) is 3. The standard InChI is InChI=1S/C16H15ClN4O2S3/c1-10-13(17)4-3-5-14(10)26(22,23)21-16-19-15(20-25-16)11(2)24-12-6-8-18-9-7-12/h3-9,11H,1-2H3,(H,19,20,21)/t11-/m1/s1. The number of thioether (sulfide) groups is 1. The molecule has 136 valence electrons. The van der Waals surface area contributed by atoms with Gasteiger partial charge in [0.2, 0.25) is 5.13 Å². The van der Waals surface area contributed by atoms with Crippen LogP contribution < -0.4 is 4.72 Å². The van der Waals surface area contributed by atoms with Crippen molar-refractivity contribution < 1.29 is 8.42 Å². The lowest BCUT2D eigenvalue weighted by atomic mass is 10.2. The Balaban J connectivity index is 1.76. The van der Waals surface area contributed by atoms with Gasteiger partial charge in [-0.15, -0.1) is 11.8 Å². The van der Waals surface area contributed by atoms with E-state index in [9.17, 15) is 8.42 Å². The summed E-state index contributed by atoms with van der Waals surface area (Å²) in [4.78, 5) is 9.47. The van der Waals surface area contributed by atoms with Crippen molar-refractivity contribution in [3.8, 4) is 0 Å². The fraction of sp³-hybridized carbons (Fsp3) is 0.188. The zero-order valence-corrected chi connectivity index (χ0v) is 17.1. The Bertz CT molecular complexity index is 1010. The Morgan fingerprint density at radius 2 is 1.96 bits per heavy atom. The summed E-state index contributed by atoms with van der Waals surface area (Å²) in [5, 5.41) is 0.592. The van der Waals surface area contributed by atoms with Gasteiger partial charge in [0.15, 0.2) is 5.82 Å². The molecular formula is C16H15ClN4O2S3. The molecule has 0 aliphatic rings. The highest BCUT2D eigenvalue weighted by molar-refractivity contribution is 7.99. The summed E-state index contributed by atoms with van der Waals surface area (Å²) < 4.78 is 32.0. The van der Waals surface area contributed by atoms with Crippen LogP contribution in [0.4, 0.5) is 5.13 Å². The monoisotopic (exact) mass is 426 g/mol. The number of hydrogen-bond acceptors (Lipinski definition) is 7. The summed E-state index contributed by atoms with van der Waals surface area (Å²) in [6.45, 7) is 3.63. The van der Waals surface area contributed by atoms with Crippen LogP contribution in [0, 0.1) is 6.92 Å². The van der Waals surface area contributed by atoms with Gasteiger partial charge in [-0.05, 0) is 43.7 Å². The smallest absolute Gasteiger partial charge is 0.264 e. The molecule has 0 aliphatic carbocycles. The molecule has 6 nitrogen and oxygen atoms in total. The van der Waals surface area contributed by atoms with Gasteiger partial charge in [0, 0.05) is 33.8 Å². The van der Waals surface area contributed by atoms with Gasteiger partial charge in [-0.1, -0.05) is 17.7 Å². The fourth-order valence-corrected chi connectivity index (χ4v) is 5.51. The maximum Gasteiger partial charge on any atom is 0.264 e. The van der Waals surface area contributed by atoms with Crippen LogP contribution in [-0.2, 0) is 10.0 Å². The molecule has 0 spiro atoms. The van der Waals surface area contributed by atoms with Crippen molar-refractivity contribution in [1.29, 1.82) is 0 Å². The molecule has 0 amide bonds. The molecule has 1 atom stereocenters. The van der Waals surface area contributed by atoms with E-state index in [0.717, 1.165) is 16.4 Å². The molecule has 3 aromatic rings. The maximum atomic E-state index is 12.6. The Kier molecular flexibility index (Phi) is 5.81. The van der Waals surface area contributed by atoms with Gasteiger partial charge in [0.05, 0.1) is 10.1 Å². The van der Waals surface area contributed by atoms with Crippen molar-refractivity contribution in [2.24, 2.45) is 0 Å². The number of benzene rings is 1. The highest BCUT2D eigenvalue weighted by atomic mass is 35.5. The zero-order chi connectivity index (χ0) is 18.7. The quantitative estimate of drug-likeness (QED) is 0.582. The molecule has 0 aliphatic heterocycles. The predicted octanol–water partition coefficient (Wildman–Crippen LogP) is 4.55. The van der Waals surface area contributed by atoms with E-state index in [1.165, 1.54) is 6.07 Å². The molecule has 1 aromatic carbocycles. The van der Waals surface area contributed by atoms with E-state index in [1.807, 2.05) is 19.1 Å². The van der Waals surface area contributed by atoms with Gasteiger partial charge in [-0.2, -0.15) is 4.37 Å². The van der Waals surface area contributed by atoms with E-state index < -0.39 is 10.0 Å². The molecule has 3 rings (SSSR count). The summed E-state index contributed by atoms with van der Waals surface area (Å²) in [7, 11) is -3.78. The fourth-order valence-electron chi connectivity index (χ4n) is 2.16. The van der Waals surface area contributed by atoms with Crippen LogP contribution in [0.5, 0.6) is 0 Å². The highest BCUT2D eigenvalue weighted by Gasteiger charge is 2.21. The van der Waals surface area contributed by atoms with Crippen LogP contribution in [0.15, 0.2) is 52.5 Å². The molecule has 0 bridgehead atoms. The summed E-state index contributed by atoms with van der Waals surface area (Å²) in [6.07, 6.45) is 3.44. The second-order valence-corrected chi connectivity index (χ2v) is 9.59. The maximum absolute atomic E-state index is 12.6. The molecule has 0 saturated carbocycles. The first-order chi connectivity index (χ1) is 12.4. The number of aromatic nitrogens is 3. The van der Waals surface area contributed by atoms with Crippen LogP contribution in [0.25, 0.3) is 0 Å². The Morgan fingerprint density at radius 3 is 2.69 bits per heavy atom. The van der Waals surface area contributed by atoms with Gasteiger partial charge in [-0.3, -0.25) is 9.71 Å². The summed E-state index contributed by atoms with van der Waals surface area (Å²) in [6, 6.07) is 8.56. The van der Waals surface area contributed by atoms with Gasteiger partial charge in [0.1, 0.15) is 0 Å². The minimum atomic E-state index is -3.78. The van der Waals surface area contributed by atoms with Gasteiger partial charge >= 0.3 is 0 Å². The number of sulfonamides is 1. The third-order valence-electron chi connectivity index (χ3n) is 3.50. The first-order valence-electron chi connectivity index (χ1n) is 7.55. The van der Waals surface area contributed by atoms with Crippen LogP contribution in [-0.4, -0.2) is 22.8 Å². The van der Waals surface area contributed by atoms with Crippen LogP contribution in [0.1, 0.15) is 23.6 Å². The van der Waals surface area contributed by atoms with Crippen LogP contribution >= 0.6 is 34.9 Å². The van der Waals surface area contributed by atoms with Crippen molar-refractivity contribution in [2.45, 2.75) is 28.9 Å². The third kappa shape index (κ3) is 4.35. The lowest BCUT2D eigenvalue weighted by molar-refractivity contribution is 0.600. The number of rotatable bonds is 6. The van der Waals surface area contributed by atoms with Crippen molar-refractivity contribution in [1.82, 2.24) is 14.3 Å². The lowest BCUT2D eigenvalue weighted by Crippen LogP contribution is -2.14. The van der Waals surface area contributed by atoms with E-state index >= 15 is 0 Å². The second-order valence-electron chi connectivity index (χ2n) is 5.37. The van der Waals surface area contributed by atoms with E-state index in [0.29, 0.717) is 16.4 Å². The molecule has 26 heavy (non-hydrogen) atoms. The van der Waals surface area contributed by atoms with Gasteiger partial charge in [0.25, 0.3) is 10.0 Å². The van der Waals surface area contributed by atoms with E-state index in [-0.39, 0.29) is 15.3 Å². The molecule has 0 unspecified atom stereocenters. The van der Waals surface area contributed by atoms with E-state index in [4.69, 9.17) is 11.6 Å². The SMILES string of the molecule is Cc1c(Cl)cccc1S(=O)(=O)Nc1nc([C@@H](C)Sc2ccncc2)ns1. The Labute approximate surface area is 165 Å². The zero-order valence-electron chi connectivity index (χ0n) is 13.9. The summed E-state index contributed by atoms with van der Waals surface area (Å²) >= 11 is 8.61. The molecule has 0 saturated heterocycles. The first kappa shape index (κ1) is 19.1. The average molecular weight is 427 g/mol. The van der Waals surface area contributed by atoms with Crippen molar-refractivity contribution >= 4 is 50.1 Å². The minimum absolute atomic E-state index is 0.0280. The van der Waals surface area contributed by atoms with Crippen molar-refractivity contribution in [2.75, 3.05) is 4.72 Å². The normalized spacial score (nSPS) is 12.7. The second kappa shape index (κ2) is 7.91. The number of hydrogen-bond donors (Lipinski definition) is 1. The van der Waals surface area contributed by atoms with Gasteiger partial charge < -0.3 is 0 Å². The highest BCUT2D eigenvalue weighted by Crippen LogP contribution is 2.34. The molecular weight excluding hydrogens is 412 g/mol. The Hall–Kier alpha value is -1.68. The predicted molar refractivity (Wildman–Crippen MR) is 105 cm³/mol. The molecule has 0 radical (unpaired) electrons. The largest absolute Gasteiger partial charge is 0.265 e. The number of halogens is 1. The number of nitrogens with one attached hydrogen (secondary N) is 1. The van der Waals surface area contributed by atoms with Gasteiger partial charge in [-0.25, -0.2) is 13.4 Å². The van der Waals surface area contributed by atoms with Crippen molar-refractivity contribution in [3.63, 3.8) is 0 Å². The third-order valence-corrected chi connectivity index (χ3v) is 7.27. The lowest BCUT2D eigenvalue weighted by Gasteiger charge is -2.09. The summed E-state index contributed by atoms with van der Waals surface area (Å²) in [5.74, 6) is 0.567. The molecule has 2 heterocycles. The first-order valence-corrected chi connectivity index (χ1v) is 11.1. The average Bonchev–Trinajstić information content (AvgIpc) is 3.06. The topological polar surface area (TPSA) is 84.8 Å². The summed E-state index contributed by atoms with van der Waals surface area (Å²) in [5.41, 5.74) is 0.494. The van der Waals surface area contributed by atoms with Crippen LogP contribution in [0.2, 0.25) is 5.02 Å². The van der Waals surface area contributed by atoms with E-state index in [1.54, 1.807) is 43.2 Å². The van der Waals surface area contributed by atoms with E-state index in [2.05, 4.69) is 19.1 Å². The number of anilines is 1. The molecule has 2 aromatic heterocycles. The van der Waals surface area contributed by atoms with Crippen molar-refractivity contribution in [3.05, 3.63) is 59.1 Å². The molecule has 0 fully saturated rings. The molecule has 1 N–H and O–H groups in total. The van der Waals surface area contributed by atoms with Crippen LogP contribution in [0.3, 0.4) is 0 Å². The number of pyridine rings is 1. The Morgan fingerprint density at radius 1 is 1.23 bits per heavy atom. The minimum Gasteiger partial charge on any atom is -0.265 e. The molecule has 10 heteroatoms.